The average molecular weight is 411 g/mol. The topological polar surface area (TPSA) is 228 Å². The molecule has 29 heavy (non-hydrogen) atoms. The van der Waals surface area contributed by atoms with Gasteiger partial charge in [0.15, 0.2) is 0 Å². The number of carboxylic acid groups (broad SMARTS) is 2. The summed E-state index contributed by atoms with van der Waals surface area (Å²) in [6, 6.07) is 5.83. The van der Waals surface area contributed by atoms with Crippen LogP contribution in [0.3, 0.4) is 0 Å². The Labute approximate surface area is 166 Å². The number of hydrogen-bond donors (Lipinski definition) is 7. The van der Waals surface area contributed by atoms with Crippen molar-refractivity contribution in [3.63, 3.8) is 0 Å². The first-order chi connectivity index (χ1) is 13.6. The summed E-state index contributed by atoms with van der Waals surface area (Å²) in [4.78, 5) is 20.5. The number of phenolic OH excluding ortho intramolecular Hbond substituents is 2. The molecule has 0 saturated heterocycles. The largest absolute Gasteiger partial charge is 0.872 e. The lowest BCUT2D eigenvalue weighted by atomic mass is 10.2. The number of aromatic carboxylic acids is 2. The van der Waals surface area contributed by atoms with Gasteiger partial charge in [0, 0.05) is 13.1 Å². The maximum atomic E-state index is 10.6. The molecule has 2 aromatic rings. The van der Waals surface area contributed by atoms with Crippen LogP contribution in [0.2, 0.25) is 0 Å². The van der Waals surface area contributed by atoms with E-state index in [9.17, 15) is 19.8 Å². The van der Waals surface area contributed by atoms with Gasteiger partial charge in [-0.1, -0.05) is 12.1 Å². The molecule has 11 heteroatoms. The van der Waals surface area contributed by atoms with Gasteiger partial charge in [0.05, 0.1) is 24.2 Å². The van der Waals surface area contributed by atoms with Gasteiger partial charge in [-0.2, -0.15) is 0 Å². The van der Waals surface area contributed by atoms with E-state index < -0.39 is 23.4 Å². The van der Waals surface area contributed by atoms with Crippen LogP contribution in [0.15, 0.2) is 36.4 Å². The molecular weight excluding hydrogens is 386 g/mol. The Morgan fingerprint density at radius 1 is 0.759 bits per heavy atom. The summed E-state index contributed by atoms with van der Waals surface area (Å²) in [5.74, 6) is -4.12. The Bertz CT molecular complexity index is 693. The Balaban J connectivity index is 0.000000419. The Hall–Kier alpha value is -3.54. The van der Waals surface area contributed by atoms with Crippen LogP contribution >= 0.6 is 0 Å². The Kier molecular flexibility index (Phi) is 11.9. The number of aromatic hydroxyl groups is 2. The molecule has 0 aliphatic carbocycles. The number of carboxylic acids is 2. The van der Waals surface area contributed by atoms with Gasteiger partial charge in [0.2, 0.25) is 0 Å². The molecular formula is C18H25N3O8. The third kappa shape index (κ3) is 11.7. The van der Waals surface area contributed by atoms with E-state index in [4.69, 9.17) is 20.4 Å². The molecule has 2 aromatic carbocycles. The zero-order valence-electron chi connectivity index (χ0n) is 15.6. The van der Waals surface area contributed by atoms with Crippen LogP contribution in [0.4, 0.5) is 0 Å². The smallest absolute Gasteiger partial charge is 0.335 e. The number of benzene rings is 2. The molecule has 0 atom stereocenters. The molecule has 0 heterocycles. The van der Waals surface area contributed by atoms with E-state index >= 15 is 0 Å². The number of nitrogens with one attached hydrogen (secondary N) is 1. The highest BCUT2D eigenvalue weighted by atomic mass is 16.4. The highest BCUT2D eigenvalue weighted by Crippen LogP contribution is 2.18. The van der Waals surface area contributed by atoms with Crippen LogP contribution in [-0.2, 0) is 0 Å². The van der Waals surface area contributed by atoms with Gasteiger partial charge >= 0.3 is 11.9 Å². The SMILES string of the molecule is O=C(O)c1cc([O-])cc(O)c1.O=C(O)c1cc([O-])cc(O)c1.[NH3+]CCNCC[NH3+]. The highest BCUT2D eigenvalue weighted by molar-refractivity contribution is 5.89. The van der Waals surface area contributed by atoms with Crippen molar-refractivity contribution in [1.29, 1.82) is 0 Å². The quantitative estimate of drug-likeness (QED) is 0.246. The normalized spacial score (nSPS) is 9.45. The van der Waals surface area contributed by atoms with Gasteiger partial charge in [-0.05, 0) is 24.3 Å². The van der Waals surface area contributed by atoms with Crippen molar-refractivity contribution >= 4 is 11.9 Å². The fraction of sp³-hybridized carbons (Fsp3) is 0.222. The molecule has 0 aromatic heterocycles. The third-order valence-electron chi connectivity index (χ3n) is 2.98. The lowest BCUT2D eigenvalue weighted by Gasteiger charge is -2.05. The molecule has 11 N–H and O–H groups in total. The average Bonchev–Trinajstić information content (AvgIpc) is 2.61. The molecule has 0 aliphatic rings. The lowest BCUT2D eigenvalue weighted by Crippen LogP contribution is -2.57. The second-order valence-electron chi connectivity index (χ2n) is 5.50. The minimum Gasteiger partial charge on any atom is -0.872 e. The first kappa shape index (κ1) is 25.5. The van der Waals surface area contributed by atoms with Gasteiger partial charge < -0.3 is 47.4 Å². The maximum absolute atomic E-state index is 10.6. The van der Waals surface area contributed by atoms with Crippen LogP contribution in [-0.4, -0.2) is 58.5 Å². The molecule has 0 fully saturated rings. The van der Waals surface area contributed by atoms with E-state index in [1.54, 1.807) is 0 Å². The molecule has 11 nitrogen and oxygen atoms in total. The van der Waals surface area contributed by atoms with Crippen molar-refractivity contribution in [3.8, 4) is 23.0 Å². The molecule has 0 saturated carbocycles. The minimum absolute atomic E-state index is 0.199. The molecule has 0 bridgehead atoms. The van der Waals surface area contributed by atoms with Gasteiger partial charge in [0.25, 0.3) is 0 Å². The van der Waals surface area contributed by atoms with Crippen molar-refractivity contribution in [2.75, 3.05) is 26.2 Å². The zero-order chi connectivity index (χ0) is 22.4. The zero-order valence-corrected chi connectivity index (χ0v) is 15.6. The maximum Gasteiger partial charge on any atom is 0.335 e. The number of phenols is 2. The summed E-state index contributed by atoms with van der Waals surface area (Å²) in [5.41, 5.74) is 6.95. The molecule has 160 valence electrons. The van der Waals surface area contributed by atoms with E-state index in [-0.39, 0.29) is 22.6 Å². The van der Waals surface area contributed by atoms with Gasteiger partial charge in [-0.15, -0.1) is 11.5 Å². The van der Waals surface area contributed by atoms with Crippen LogP contribution in [0.5, 0.6) is 23.0 Å². The molecule has 2 rings (SSSR count). The summed E-state index contributed by atoms with van der Waals surface area (Å²) in [5, 5.41) is 58.7. The highest BCUT2D eigenvalue weighted by Gasteiger charge is 2.02. The standard InChI is InChI=1S/2C7H6O4.C4H13N3/c2*8-5-1-4(7(10)11)2-6(9)3-5;5-1-3-7-4-2-6/h2*1-3,8-9H,(H,10,11);7H,1-6H2. The summed E-state index contributed by atoms with van der Waals surface area (Å²) >= 11 is 0. The molecule has 0 aliphatic heterocycles. The number of rotatable bonds is 6. The molecule has 0 amide bonds. The number of hydrogen-bond acceptors (Lipinski definition) is 7. The second-order valence-corrected chi connectivity index (χ2v) is 5.50. The van der Waals surface area contributed by atoms with Crippen molar-refractivity contribution in [3.05, 3.63) is 47.5 Å². The van der Waals surface area contributed by atoms with Crippen molar-refractivity contribution < 1.29 is 51.7 Å². The molecule has 0 spiro atoms. The Morgan fingerprint density at radius 2 is 1.10 bits per heavy atom. The fourth-order valence-corrected chi connectivity index (χ4v) is 1.79. The van der Waals surface area contributed by atoms with Crippen LogP contribution in [0, 0.1) is 0 Å². The van der Waals surface area contributed by atoms with Gasteiger partial charge in [-0.3, -0.25) is 0 Å². The first-order valence-electron chi connectivity index (χ1n) is 8.38. The van der Waals surface area contributed by atoms with Crippen LogP contribution in [0.1, 0.15) is 20.7 Å². The van der Waals surface area contributed by atoms with E-state index in [0.717, 1.165) is 62.6 Å². The number of carbonyl (C=O) groups is 2. The summed E-state index contributed by atoms with van der Waals surface area (Å²) < 4.78 is 0. The molecule has 0 radical (unpaired) electrons. The van der Waals surface area contributed by atoms with E-state index in [1.165, 1.54) is 0 Å². The van der Waals surface area contributed by atoms with Crippen LogP contribution in [0.25, 0.3) is 0 Å². The monoisotopic (exact) mass is 411 g/mol. The van der Waals surface area contributed by atoms with Gasteiger partial charge in [0.1, 0.15) is 11.5 Å². The predicted molar refractivity (Wildman–Crippen MR) is 97.4 cm³/mol. The van der Waals surface area contributed by atoms with E-state index in [1.807, 2.05) is 0 Å². The van der Waals surface area contributed by atoms with Crippen LogP contribution < -0.4 is 27.0 Å². The summed E-state index contributed by atoms with van der Waals surface area (Å²) in [6.45, 7) is 3.99. The number of quaternary nitrogens is 2. The first-order valence-corrected chi connectivity index (χ1v) is 8.38. The van der Waals surface area contributed by atoms with E-state index in [0.29, 0.717) is 0 Å². The van der Waals surface area contributed by atoms with Gasteiger partial charge in [-0.25, -0.2) is 9.59 Å². The summed E-state index contributed by atoms with van der Waals surface area (Å²) in [7, 11) is 0. The van der Waals surface area contributed by atoms with Crippen molar-refractivity contribution in [1.82, 2.24) is 5.32 Å². The predicted octanol–water partition coefficient (Wildman–Crippen LogP) is -2.61. The van der Waals surface area contributed by atoms with E-state index in [2.05, 4.69) is 16.8 Å². The molecule has 0 unspecified atom stereocenters. The summed E-state index contributed by atoms with van der Waals surface area (Å²) in [6.07, 6.45) is 0. The van der Waals surface area contributed by atoms with Crippen molar-refractivity contribution in [2.45, 2.75) is 0 Å². The third-order valence-corrected chi connectivity index (χ3v) is 2.98. The lowest BCUT2D eigenvalue weighted by molar-refractivity contribution is -0.370. The second kappa shape index (κ2) is 13.6. The Morgan fingerprint density at radius 3 is 1.34 bits per heavy atom. The fourth-order valence-electron chi connectivity index (χ4n) is 1.79. The minimum atomic E-state index is -1.22. The van der Waals surface area contributed by atoms with Crippen molar-refractivity contribution in [2.24, 2.45) is 0 Å².